The van der Waals surface area contributed by atoms with Crippen molar-refractivity contribution in [3.63, 3.8) is 0 Å². The highest BCUT2D eigenvalue weighted by Gasteiger charge is 2.53. The molecule has 0 saturated carbocycles. The van der Waals surface area contributed by atoms with Gasteiger partial charge >= 0.3 is 0 Å². The Balaban J connectivity index is 1.67. The summed E-state index contributed by atoms with van der Waals surface area (Å²) in [7, 11) is 0. The van der Waals surface area contributed by atoms with Crippen molar-refractivity contribution in [3.8, 4) is 0 Å². The van der Waals surface area contributed by atoms with E-state index in [2.05, 4.69) is 33.8 Å². The smallest absolute Gasteiger partial charge is 0.221 e. The molecule has 1 aromatic heterocycles. The third-order valence-electron chi connectivity index (χ3n) is 6.02. The van der Waals surface area contributed by atoms with Crippen LogP contribution >= 0.6 is 0 Å². The third kappa shape index (κ3) is 3.55. The predicted octanol–water partition coefficient (Wildman–Crippen LogP) is 1.81. The number of carbonyl (C=O) groups excluding carboxylic acids is 1. The summed E-state index contributed by atoms with van der Waals surface area (Å²) in [5.74, 6) is -0.0248. The van der Waals surface area contributed by atoms with E-state index in [0.717, 1.165) is 31.5 Å². The maximum Gasteiger partial charge on any atom is 0.221 e. The van der Waals surface area contributed by atoms with Crippen molar-refractivity contribution in [2.24, 2.45) is 5.73 Å². The van der Waals surface area contributed by atoms with Crippen LogP contribution in [0.2, 0.25) is 0 Å². The standard InChI is InChI=1S/C22H28N4O2/c23-10-7-19(27)26-20-17-5-1-2-6-18(17)22(8-12-24-13-9-22)21(20)28-15-16-4-3-11-25-14-16/h1-6,11,14,20-21,24H,7-10,12-13,15,23H2,(H,26,27)/t20-,21+/m1/s1. The molecule has 1 aliphatic heterocycles. The number of ether oxygens (including phenoxy) is 1. The number of rotatable bonds is 6. The number of nitrogens with zero attached hydrogens (tertiary/aromatic N) is 1. The van der Waals surface area contributed by atoms with Gasteiger partial charge in [0, 0.05) is 30.8 Å². The normalized spacial score (nSPS) is 22.8. The van der Waals surface area contributed by atoms with E-state index in [1.54, 1.807) is 6.20 Å². The molecule has 1 aromatic carbocycles. The minimum absolute atomic E-state index is 0.0248. The Bertz CT molecular complexity index is 805. The summed E-state index contributed by atoms with van der Waals surface area (Å²) in [5, 5.41) is 6.68. The topological polar surface area (TPSA) is 89.3 Å². The van der Waals surface area contributed by atoms with Gasteiger partial charge in [-0.1, -0.05) is 30.3 Å². The Morgan fingerprint density at radius 2 is 2.07 bits per heavy atom. The maximum absolute atomic E-state index is 12.4. The van der Waals surface area contributed by atoms with Crippen molar-refractivity contribution in [1.82, 2.24) is 15.6 Å². The summed E-state index contributed by atoms with van der Waals surface area (Å²) in [4.78, 5) is 16.6. The van der Waals surface area contributed by atoms with Gasteiger partial charge in [-0.05, 0) is 48.7 Å². The molecular weight excluding hydrogens is 352 g/mol. The molecule has 1 amide bonds. The van der Waals surface area contributed by atoms with Gasteiger partial charge in [0.2, 0.25) is 5.91 Å². The van der Waals surface area contributed by atoms with Crippen molar-refractivity contribution in [1.29, 1.82) is 0 Å². The maximum atomic E-state index is 12.4. The summed E-state index contributed by atoms with van der Waals surface area (Å²) in [6.07, 6.45) is 5.78. The minimum Gasteiger partial charge on any atom is -0.370 e. The molecule has 2 aliphatic rings. The number of carbonyl (C=O) groups is 1. The molecule has 2 heterocycles. The summed E-state index contributed by atoms with van der Waals surface area (Å²) in [6.45, 7) is 2.72. The number of hydrogen-bond acceptors (Lipinski definition) is 5. The van der Waals surface area contributed by atoms with E-state index >= 15 is 0 Å². The molecule has 1 fully saturated rings. The Morgan fingerprint density at radius 1 is 1.25 bits per heavy atom. The number of piperidine rings is 1. The molecule has 2 atom stereocenters. The summed E-state index contributed by atoms with van der Waals surface area (Å²) < 4.78 is 6.54. The van der Waals surface area contributed by atoms with Crippen LogP contribution in [0.3, 0.4) is 0 Å². The third-order valence-corrected chi connectivity index (χ3v) is 6.02. The van der Waals surface area contributed by atoms with Crippen molar-refractivity contribution in [3.05, 3.63) is 65.5 Å². The number of benzene rings is 1. The van der Waals surface area contributed by atoms with Gasteiger partial charge in [-0.2, -0.15) is 0 Å². The molecule has 4 rings (SSSR count). The fourth-order valence-electron chi connectivity index (χ4n) is 4.74. The molecule has 148 valence electrons. The summed E-state index contributed by atoms with van der Waals surface area (Å²) >= 11 is 0. The average molecular weight is 380 g/mol. The number of pyridine rings is 1. The first-order chi connectivity index (χ1) is 13.7. The minimum atomic E-state index is -0.162. The molecule has 1 aliphatic carbocycles. The molecule has 4 N–H and O–H groups in total. The second-order valence-corrected chi connectivity index (χ2v) is 7.67. The SMILES string of the molecule is NCCC(=O)N[C@@H]1c2ccccc2C2(CCNCC2)[C@H]1OCc1cccnc1. The van der Waals surface area contributed by atoms with Crippen molar-refractivity contribution >= 4 is 5.91 Å². The number of nitrogens with one attached hydrogen (secondary N) is 2. The molecular formula is C22H28N4O2. The van der Waals surface area contributed by atoms with Crippen LogP contribution in [-0.2, 0) is 21.6 Å². The lowest BCUT2D eigenvalue weighted by molar-refractivity contribution is -0.123. The van der Waals surface area contributed by atoms with Gasteiger partial charge in [-0.3, -0.25) is 9.78 Å². The first-order valence-electron chi connectivity index (χ1n) is 10.0. The number of nitrogens with two attached hydrogens (primary N) is 1. The Morgan fingerprint density at radius 3 is 2.82 bits per heavy atom. The Kier molecular flexibility index (Phi) is 5.71. The van der Waals surface area contributed by atoms with E-state index in [9.17, 15) is 4.79 Å². The highest BCUT2D eigenvalue weighted by atomic mass is 16.5. The molecule has 1 spiro atoms. The summed E-state index contributed by atoms with van der Waals surface area (Å²) in [6, 6.07) is 12.2. The Hall–Kier alpha value is -2.28. The molecule has 0 bridgehead atoms. The number of fused-ring (bicyclic) bond motifs is 2. The van der Waals surface area contributed by atoms with Crippen molar-refractivity contribution in [2.45, 2.75) is 43.4 Å². The monoisotopic (exact) mass is 380 g/mol. The molecule has 1 saturated heterocycles. The number of hydrogen-bond donors (Lipinski definition) is 3. The molecule has 6 nitrogen and oxygen atoms in total. The zero-order valence-electron chi connectivity index (χ0n) is 16.1. The van der Waals surface area contributed by atoms with E-state index < -0.39 is 0 Å². The van der Waals surface area contributed by atoms with Gasteiger partial charge in [0.15, 0.2) is 0 Å². The van der Waals surface area contributed by atoms with E-state index in [0.29, 0.717) is 19.6 Å². The van der Waals surface area contributed by atoms with Crippen LogP contribution in [0.5, 0.6) is 0 Å². The van der Waals surface area contributed by atoms with Gasteiger partial charge < -0.3 is 21.1 Å². The van der Waals surface area contributed by atoms with E-state index in [1.165, 1.54) is 11.1 Å². The lowest BCUT2D eigenvalue weighted by Crippen LogP contribution is -2.49. The van der Waals surface area contributed by atoms with Crippen LogP contribution in [0, 0.1) is 0 Å². The molecule has 2 aromatic rings. The van der Waals surface area contributed by atoms with Gasteiger partial charge in [-0.15, -0.1) is 0 Å². The van der Waals surface area contributed by atoms with E-state index in [-0.39, 0.29) is 23.5 Å². The fraction of sp³-hybridized carbons (Fsp3) is 0.455. The summed E-state index contributed by atoms with van der Waals surface area (Å²) in [5.41, 5.74) is 9.02. The molecule has 28 heavy (non-hydrogen) atoms. The van der Waals surface area contributed by atoms with Gasteiger partial charge in [0.05, 0.1) is 18.8 Å². The van der Waals surface area contributed by atoms with Gasteiger partial charge in [-0.25, -0.2) is 0 Å². The van der Waals surface area contributed by atoms with Gasteiger partial charge in [0.25, 0.3) is 0 Å². The second kappa shape index (κ2) is 8.39. The van der Waals surface area contributed by atoms with E-state index in [4.69, 9.17) is 10.5 Å². The highest BCUT2D eigenvalue weighted by molar-refractivity contribution is 5.77. The van der Waals surface area contributed by atoms with Gasteiger partial charge in [0.1, 0.15) is 0 Å². The second-order valence-electron chi connectivity index (χ2n) is 7.67. The van der Waals surface area contributed by atoms with E-state index in [1.807, 2.05) is 24.4 Å². The average Bonchev–Trinajstić information content (AvgIpc) is 2.97. The number of amides is 1. The van der Waals surface area contributed by atoms with Crippen LogP contribution in [0.25, 0.3) is 0 Å². The van der Waals surface area contributed by atoms with Crippen molar-refractivity contribution < 1.29 is 9.53 Å². The molecule has 0 unspecified atom stereocenters. The first kappa shape index (κ1) is 19.1. The molecule has 6 heteroatoms. The predicted molar refractivity (Wildman–Crippen MR) is 108 cm³/mol. The zero-order valence-corrected chi connectivity index (χ0v) is 16.1. The van der Waals surface area contributed by atoms with Crippen LogP contribution in [0.4, 0.5) is 0 Å². The van der Waals surface area contributed by atoms with Crippen LogP contribution < -0.4 is 16.4 Å². The fourth-order valence-corrected chi connectivity index (χ4v) is 4.74. The lowest BCUT2D eigenvalue weighted by atomic mass is 9.72. The largest absolute Gasteiger partial charge is 0.370 e. The molecule has 0 radical (unpaired) electrons. The van der Waals surface area contributed by atoms with Crippen LogP contribution in [-0.4, -0.2) is 36.6 Å². The Labute approximate surface area is 165 Å². The quantitative estimate of drug-likeness (QED) is 0.711. The first-order valence-corrected chi connectivity index (χ1v) is 10.0. The van der Waals surface area contributed by atoms with Crippen LogP contribution in [0.1, 0.15) is 42.0 Å². The lowest BCUT2D eigenvalue weighted by Gasteiger charge is -2.41. The van der Waals surface area contributed by atoms with Crippen LogP contribution in [0.15, 0.2) is 48.8 Å². The highest BCUT2D eigenvalue weighted by Crippen LogP contribution is 2.51. The number of aromatic nitrogens is 1. The zero-order chi connectivity index (χ0) is 19.4. The van der Waals surface area contributed by atoms with Crippen molar-refractivity contribution in [2.75, 3.05) is 19.6 Å².